The second-order valence-electron chi connectivity index (χ2n) is 4.49. The van der Waals surface area contributed by atoms with Crippen LogP contribution in [-0.2, 0) is 0 Å². The van der Waals surface area contributed by atoms with Crippen LogP contribution in [0.15, 0.2) is 45.6 Å². The molecule has 0 radical (unpaired) electrons. The van der Waals surface area contributed by atoms with Crippen molar-refractivity contribution in [2.75, 3.05) is 0 Å². The first-order valence-electron chi connectivity index (χ1n) is 5.98. The Kier molecular flexibility index (Phi) is 2.72. The van der Waals surface area contributed by atoms with Gasteiger partial charge in [-0.05, 0) is 24.3 Å². The molecule has 2 aromatic carbocycles. The summed E-state index contributed by atoms with van der Waals surface area (Å²) in [5.41, 5.74) is -0.317. The van der Waals surface area contributed by atoms with Crippen LogP contribution in [0.5, 0.6) is 23.0 Å². The average molecular weight is 286 g/mol. The van der Waals surface area contributed by atoms with E-state index in [1.54, 1.807) is 0 Å². The number of hydrogen-bond acceptors (Lipinski definition) is 6. The summed E-state index contributed by atoms with van der Waals surface area (Å²) >= 11 is 0. The van der Waals surface area contributed by atoms with Gasteiger partial charge in [-0.1, -0.05) is 0 Å². The van der Waals surface area contributed by atoms with E-state index in [2.05, 4.69) is 0 Å². The summed E-state index contributed by atoms with van der Waals surface area (Å²) in [6, 6.07) is 7.95. The Balaban J connectivity index is 2.34. The van der Waals surface area contributed by atoms with Gasteiger partial charge in [-0.25, -0.2) is 0 Å². The maximum atomic E-state index is 12.1. The molecule has 0 aliphatic rings. The van der Waals surface area contributed by atoms with Crippen molar-refractivity contribution in [2.45, 2.75) is 0 Å². The fourth-order valence-corrected chi connectivity index (χ4v) is 2.06. The second kappa shape index (κ2) is 4.45. The van der Waals surface area contributed by atoms with Crippen LogP contribution < -0.4 is 5.43 Å². The minimum Gasteiger partial charge on any atom is -0.508 e. The zero-order chi connectivity index (χ0) is 15.1. The van der Waals surface area contributed by atoms with Gasteiger partial charge in [-0.15, -0.1) is 0 Å². The highest BCUT2D eigenvalue weighted by Gasteiger charge is 2.17. The third kappa shape index (κ3) is 2.02. The fraction of sp³-hybridized carbons (Fsp3) is 0. The number of phenols is 4. The lowest BCUT2D eigenvalue weighted by atomic mass is 10.1. The van der Waals surface area contributed by atoms with E-state index in [0.717, 1.165) is 12.1 Å². The van der Waals surface area contributed by atoms with Crippen LogP contribution in [0.2, 0.25) is 0 Å². The molecule has 0 amide bonds. The Morgan fingerprint density at radius 3 is 2.19 bits per heavy atom. The minimum absolute atomic E-state index is 0.0623. The van der Waals surface area contributed by atoms with Crippen molar-refractivity contribution in [3.63, 3.8) is 0 Å². The molecule has 106 valence electrons. The first-order chi connectivity index (χ1) is 9.97. The van der Waals surface area contributed by atoms with Gasteiger partial charge in [0.15, 0.2) is 28.3 Å². The zero-order valence-corrected chi connectivity index (χ0v) is 10.6. The molecule has 3 rings (SSSR count). The summed E-state index contributed by atoms with van der Waals surface area (Å²) in [5, 5.41) is 37.9. The topological polar surface area (TPSA) is 111 Å². The molecule has 0 spiro atoms. The van der Waals surface area contributed by atoms with Crippen molar-refractivity contribution in [3.05, 3.63) is 46.6 Å². The summed E-state index contributed by atoms with van der Waals surface area (Å²) in [6.45, 7) is 0. The van der Waals surface area contributed by atoms with E-state index < -0.39 is 22.7 Å². The molecule has 4 N–H and O–H groups in total. The van der Waals surface area contributed by atoms with Crippen molar-refractivity contribution in [1.82, 2.24) is 0 Å². The molecule has 6 heteroatoms. The number of rotatable bonds is 1. The number of aromatic hydroxyl groups is 4. The summed E-state index contributed by atoms with van der Waals surface area (Å²) < 4.78 is 5.43. The monoisotopic (exact) mass is 286 g/mol. The number of phenolic OH excluding ortho intramolecular Hbond substituents is 4. The molecule has 0 bridgehead atoms. The summed E-state index contributed by atoms with van der Waals surface area (Å²) in [6.07, 6.45) is 0. The predicted molar refractivity (Wildman–Crippen MR) is 74.6 cm³/mol. The van der Waals surface area contributed by atoms with Crippen molar-refractivity contribution in [2.24, 2.45) is 0 Å². The fourth-order valence-electron chi connectivity index (χ4n) is 2.06. The Labute approximate surface area is 117 Å². The quantitative estimate of drug-likeness (QED) is 0.403. The molecular formula is C15H10O6. The molecule has 0 aliphatic carbocycles. The molecule has 0 saturated heterocycles. The normalized spacial score (nSPS) is 10.9. The molecule has 21 heavy (non-hydrogen) atoms. The third-order valence-corrected chi connectivity index (χ3v) is 3.08. The highest BCUT2D eigenvalue weighted by Crippen LogP contribution is 2.39. The number of fused-ring (bicyclic) bond motifs is 1. The minimum atomic E-state index is -0.645. The van der Waals surface area contributed by atoms with Gasteiger partial charge in [0.1, 0.15) is 16.9 Å². The van der Waals surface area contributed by atoms with Gasteiger partial charge in [-0.2, -0.15) is 0 Å². The summed E-state index contributed by atoms with van der Waals surface area (Å²) in [5.74, 6) is -1.49. The van der Waals surface area contributed by atoms with Crippen molar-refractivity contribution < 1.29 is 24.8 Å². The zero-order valence-electron chi connectivity index (χ0n) is 10.6. The van der Waals surface area contributed by atoms with E-state index in [-0.39, 0.29) is 22.5 Å². The summed E-state index contributed by atoms with van der Waals surface area (Å²) in [4.78, 5) is 12.1. The van der Waals surface area contributed by atoms with Crippen LogP contribution in [-0.4, -0.2) is 20.4 Å². The largest absolute Gasteiger partial charge is 0.508 e. The lowest BCUT2D eigenvalue weighted by molar-refractivity contribution is 0.398. The van der Waals surface area contributed by atoms with Crippen LogP contribution in [0.1, 0.15) is 0 Å². The van der Waals surface area contributed by atoms with Gasteiger partial charge in [0.25, 0.3) is 0 Å². The van der Waals surface area contributed by atoms with E-state index in [9.17, 15) is 25.2 Å². The van der Waals surface area contributed by atoms with E-state index in [4.69, 9.17) is 4.42 Å². The van der Waals surface area contributed by atoms with Crippen molar-refractivity contribution in [3.8, 4) is 34.3 Å². The van der Waals surface area contributed by atoms with E-state index in [1.807, 2.05) is 0 Å². The van der Waals surface area contributed by atoms with Gasteiger partial charge in [0.05, 0.1) is 0 Å². The van der Waals surface area contributed by atoms with Crippen molar-refractivity contribution >= 4 is 11.0 Å². The smallest absolute Gasteiger partial charge is 0.197 e. The van der Waals surface area contributed by atoms with Crippen LogP contribution in [0, 0.1) is 0 Å². The SMILES string of the molecule is O=c1cc(-c2ccc(O)cc2)oc2c(O)cc(O)c(O)c12. The number of hydrogen-bond donors (Lipinski definition) is 4. The molecule has 0 saturated carbocycles. The van der Waals surface area contributed by atoms with E-state index >= 15 is 0 Å². The maximum Gasteiger partial charge on any atom is 0.197 e. The lowest BCUT2D eigenvalue weighted by Gasteiger charge is -2.07. The van der Waals surface area contributed by atoms with Gasteiger partial charge >= 0.3 is 0 Å². The standard InChI is InChI=1S/C15H10O6/c16-8-3-1-7(2-4-8)12-6-9(17)13-14(20)10(18)5-11(19)15(13)21-12/h1-6,16,18-20H. The molecule has 0 fully saturated rings. The van der Waals surface area contributed by atoms with Crippen LogP contribution >= 0.6 is 0 Å². The Bertz CT molecular complexity index is 893. The molecule has 1 heterocycles. The average Bonchev–Trinajstić information content (AvgIpc) is 2.45. The van der Waals surface area contributed by atoms with Gasteiger partial charge in [0, 0.05) is 17.7 Å². The van der Waals surface area contributed by atoms with Gasteiger partial charge in [-0.3, -0.25) is 4.79 Å². The van der Waals surface area contributed by atoms with Gasteiger partial charge in [0.2, 0.25) is 0 Å². The van der Waals surface area contributed by atoms with Crippen LogP contribution in [0.25, 0.3) is 22.3 Å². The van der Waals surface area contributed by atoms with E-state index in [1.165, 1.54) is 24.3 Å². The first kappa shape index (κ1) is 12.9. The molecule has 0 atom stereocenters. The van der Waals surface area contributed by atoms with Crippen molar-refractivity contribution in [1.29, 1.82) is 0 Å². The highest BCUT2D eigenvalue weighted by atomic mass is 16.4. The Morgan fingerprint density at radius 2 is 1.52 bits per heavy atom. The molecular weight excluding hydrogens is 276 g/mol. The maximum absolute atomic E-state index is 12.1. The Morgan fingerprint density at radius 1 is 0.857 bits per heavy atom. The van der Waals surface area contributed by atoms with Gasteiger partial charge < -0.3 is 24.8 Å². The molecule has 3 aromatic rings. The number of benzene rings is 2. The van der Waals surface area contributed by atoms with E-state index in [0.29, 0.717) is 5.56 Å². The second-order valence-corrected chi connectivity index (χ2v) is 4.49. The third-order valence-electron chi connectivity index (χ3n) is 3.08. The molecule has 1 aromatic heterocycles. The molecule has 0 aliphatic heterocycles. The summed E-state index contributed by atoms with van der Waals surface area (Å²) in [7, 11) is 0. The highest BCUT2D eigenvalue weighted by molar-refractivity contribution is 5.91. The molecule has 0 unspecified atom stereocenters. The molecule has 6 nitrogen and oxygen atoms in total. The van der Waals surface area contributed by atoms with Crippen LogP contribution in [0.3, 0.4) is 0 Å². The lowest BCUT2D eigenvalue weighted by Crippen LogP contribution is -2.01. The Hall–Kier alpha value is -3.15. The van der Waals surface area contributed by atoms with Crippen LogP contribution in [0.4, 0.5) is 0 Å². The predicted octanol–water partition coefficient (Wildman–Crippen LogP) is 2.28. The first-order valence-corrected chi connectivity index (χ1v) is 5.98.